The fourth-order valence-electron chi connectivity index (χ4n) is 2.55. The Labute approximate surface area is 146 Å². The molecule has 2 rings (SSSR count). The maximum Gasteiger partial charge on any atom is 0.368 e. The lowest BCUT2D eigenvalue weighted by Gasteiger charge is -2.19. The van der Waals surface area contributed by atoms with Gasteiger partial charge in [0.25, 0.3) is 5.56 Å². The van der Waals surface area contributed by atoms with Gasteiger partial charge in [-0.25, -0.2) is 9.36 Å². The highest BCUT2D eigenvalue weighted by molar-refractivity contribution is 7.62. The fourth-order valence-corrected chi connectivity index (χ4v) is 4.19. The van der Waals surface area contributed by atoms with E-state index in [1.54, 1.807) is 45.9 Å². The van der Waals surface area contributed by atoms with Crippen LogP contribution in [0, 0.1) is 6.92 Å². The number of benzene rings is 1. The summed E-state index contributed by atoms with van der Waals surface area (Å²) in [6, 6.07) is 7.03. The van der Waals surface area contributed by atoms with Crippen molar-refractivity contribution in [2.24, 2.45) is 0 Å². The molecule has 0 fully saturated rings. The molecule has 25 heavy (non-hydrogen) atoms. The van der Waals surface area contributed by atoms with Crippen LogP contribution in [0.25, 0.3) is 5.69 Å². The van der Waals surface area contributed by atoms with Crippen LogP contribution in [0.2, 0.25) is 0 Å². The predicted octanol–water partition coefficient (Wildman–Crippen LogP) is 2.22. The smallest absolute Gasteiger partial charge is 0.305 e. The van der Waals surface area contributed by atoms with Crippen LogP contribution >= 0.6 is 7.60 Å². The Balaban J connectivity index is 2.88. The number of aromatic nitrogens is 2. The van der Waals surface area contributed by atoms with E-state index in [1.165, 1.54) is 10.8 Å². The van der Waals surface area contributed by atoms with Crippen molar-refractivity contribution in [3.63, 3.8) is 0 Å². The molecule has 0 amide bonds. The van der Waals surface area contributed by atoms with Gasteiger partial charge in [0.1, 0.15) is 5.30 Å². The Kier molecular flexibility index (Phi) is 6.16. The molecule has 0 atom stereocenters. The zero-order valence-electron chi connectivity index (χ0n) is 14.9. The van der Waals surface area contributed by atoms with Crippen molar-refractivity contribution in [3.05, 3.63) is 56.9 Å². The van der Waals surface area contributed by atoms with E-state index in [-0.39, 0.29) is 18.5 Å². The van der Waals surface area contributed by atoms with E-state index in [0.717, 1.165) is 10.1 Å². The number of nitrogens with zero attached hydrogens (tertiary/aromatic N) is 2. The van der Waals surface area contributed by atoms with E-state index < -0.39 is 18.8 Å². The van der Waals surface area contributed by atoms with Crippen molar-refractivity contribution >= 4 is 12.9 Å². The first-order valence-electron chi connectivity index (χ1n) is 8.21. The van der Waals surface area contributed by atoms with Crippen LogP contribution in [0.5, 0.6) is 0 Å². The van der Waals surface area contributed by atoms with E-state index in [1.807, 2.05) is 6.07 Å². The molecule has 0 aliphatic carbocycles. The van der Waals surface area contributed by atoms with Gasteiger partial charge in [0, 0.05) is 12.7 Å². The number of hydrogen-bond acceptors (Lipinski definition) is 5. The number of rotatable bonds is 7. The van der Waals surface area contributed by atoms with E-state index >= 15 is 0 Å². The highest BCUT2D eigenvalue weighted by Crippen LogP contribution is 2.45. The lowest BCUT2D eigenvalue weighted by atomic mass is 10.2. The first-order chi connectivity index (χ1) is 11.9. The van der Waals surface area contributed by atoms with Crippen molar-refractivity contribution in [2.75, 3.05) is 13.2 Å². The average Bonchev–Trinajstić information content (AvgIpc) is 2.57. The second kappa shape index (κ2) is 7.95. The lowest BCUT2D eigenvalue weighted by molar-refractivity contribution is 0.229. The number of para-hydroxylation sites is 1. The predicted molar refractivity (Wildman–Crippen MR) is 97.2 cm³/mol. The molecule has 0 saturated heterocycles. The molecule has 136 valence electrons. The Morgan fingerprint density at radius 1 is 1.04 bits per heavy atom. The summed E-state index contributed by atoms with van der Waals surface area (Å²) >= 11 is 0. The van der Waals surface area contributed by atoms with Crippen molar-refractivity contribution in [1.29, 1.82) is 0 Å². The Morgan fingerprint density at radius 3 is 2.16 bits per heavy atom. The van der Waals surface area contributed by atoms with Crippen molar-refractivity contribution in [1.82, 2.24) is 9.13 Å². The van der Waals surface area contributed by atoms with Crippen LogP contribution in [0.15, 0.2) is 40.1 Å². The molecule has 2 aromatic rings. The first-order valence-corrected chi connectivity index (χ1v) is 9.76. The van der Waals surface area contributed by atoms with Crippen LogP contribution in [0.3, 0.4) is 0 Å². The molecule has 0 aliphatic heterocycles. The van der Waals surface area contributed by atoms with Crippen molar-refractivity contribution in [3.8, 4) is 5.69 Å². The van der Waals surface area contributed by atoms with E-state index in [4.69, 9.17) is 9.05 Å². The van der Waals surface area contributed by atoms with Gasteiger partial charge in [0.2, 0.25) is 0 Å². The molecule has 1 aromatic heterocycles. The van der Waals surface area contributed by atoms with Crippen LogP contribution in [-0.4, -0.2) is 22.3 Å². The van der Waals surface area contributed by atoms with Gasteiger partial charge < -0.3 is 9.05 Å². The summed E-state index contributed by atoms with van der Waals surface area (Å²) in [5.41, 5.74) is 0.0181. The SMILES string of the molecule is CCOP(=O)(OCC)c1cn(CC)c(=O)n(-c2ccccc2C)c1=O. The summed E-state index contributed by atoms with van der Waals surface area (Å²) in [5.74, 6) is 0. The topological polar surface area (TPSA) is 79.5 Å². The minimum absolute atomic E-state index is 0.117. The Hall–Kier alpha value is -1.95. The zero-order chi connectivity index (χ0) is 18.6. The van der Waals surface area contributed by atoms with Crippen LogP contribution in [-0.2, 0) is 20.2 Å². The van der Waals surface area contributed by atoms with Gasteiger partial charge in [-0.3, -0.25) is 13.9 Å². The summed E-state index contributed by atoms with van der Waals surface area (Å²) in [6.45, 7) is 7.46. The second-order valence-electron chi connectivity index (χ2n) is 5.34. The maximum atomic E-state index is 13.1. The van der Waals surface area contributed by atoms with Gasteiger partial charge in [-0.2, -0.15) is 0 Å². The molecule has 8 heteroatoms. The minimum Gasteiger partial charge on any atom is -0.305 e. The van der Waals surface area contributed by atoms with Gasteiger partial charge in [-0.1, -0.05) is 18.2 Å². The fraction of sp³-hybridized carbons (Fsp3) is 0.412. The molecule has 7 nitrogen and oxygen atoms in total. The monoisotopic (exact) mass is 366 g/mol. The summed E-state index contributed by atoms with van der Waals surface area (Å²) < 4.78 is 26.1. The van der Waals surface area contributed by atoms with Gasteiger partial charge in [-0.15, -0.1) is 0 Å². The molecule has 0 aliphatic rings. The van der Waals surface area contributed by atoms with Gasteiger partial charge >= 0.3 is 13.3 Å². The van der Waals surface area contributed by atoms with Crippen LogP contribution < -0.4 is 16.6 Å². The third-order valence-corrected chi connectivity index (χ3v) is 5.82. The zero-order valence-corrected chi connectivity index (χ0v) is 15.8. The molecule has 0 unspecified atom stereocenters. The van der Waals surface area contributed by atoms with Crippen LogP contribution in [0.1, 0.15) is 26.3 Å². The third-order valence-electron chi connectivity index (χ3n) is 3.73. The normalized spacial score (nSPS) is 11.7. The first kappa shape index (κ1) is 19.4. The molecule has 0 N–H and O–H groups in total. The van der Waals surface area contributed by atoms with E-state index in [2.05, 4.69) is 0 Å². The quantitative estimate of drug-likeness (QED) is 0.702. The Bertz CT molecular complexity index is 906. The number of aryl methyl sites for hydroxylation is 2. The maximum absolute atomic E-state index is 13.1. The Morgan fingerprint density at radius 2 is 1.64 bits per heavy atom. The molecule has 0 saturated carbocycles. The van der Waals surface area contributed by atoms with Crippen LogP contribution in [0.4, 0.5) is 0 Å². The van der Waals surface area contributed by atoms with Gasteiger partial charge in [-0.05, 0) is 39.3 Å². The standard InChI is InChI=1S/C17H23N2O5P/c1-5-18-12-15(25(22,23-6-2)24-7-3)16(20)19(17(18)21)14-11-9-8-10-13(14)4/h8-12H,5-7H2,1-4H3. The molecular formula is C17H23N2O5P. The second-order valence-corrected chi connectivity index (χ2v) is 7.34. The van der Waals surface area contributed by atoms with Gasteiger partial charge in [0.15, 0.2) is 0 Å². The molecule has 1 heterocycles. The minimum atomic E-state index is -3.82. The molecule has 1 aromatic carbocycles. The van der Waals surface area contributed by atoms with Crippen molar-refractivity contribution < 1.29 is 13.6 Å². The summed E-state index contributed by atoms with van der Waals surface area (Å²) in [6.07, 6.45) is 1.28. The molecule has 0 spiro atoms. The third kappa shape index (κ3) is 3.68. The van der Waals surface area contributed by atoms with Crippen molar-refractivity contribution in [2.45, 2.75) is 34.2 Å². The lowest BCUT2D eigenvalue weighted by Crippen LogP contribution is -2.46. The summed E-state index contributed by atoms with van der Waals surface area (Å²) in [7, 11) is -3.82. The van der Waals surface area contributed by atoms with E-state index in [9.17, 15) is 14.2 Å². The highest BCUT2D eigenvalue weighted by Gasteiger charge is 2.32. The molecular weight excluding hydrogens is 343 g/mol. The summed E-state index contributed by atoms with van der Waals surface area (Å²) in [4.78, 5) is 25.7. The largest absolute Gasteiger partial charge is 0.368 e. The summed E-state index contributed by atoms with van der Waals surface area (Å²) in [5, 5.41) is -0.138. The molecule has 0 radical (unpaired) electrons. The average molecular weight is 366 g/mol. The highest BCUT2D eigenvalue weighted by atomic mass is 31.2. The number of hydrogen-bond donors (Lipinski definition) is 0. The molecule has 0 bridgehead atoms. The van der Waals surface area contributed by atoms with E-state index in [0.29, 0.717) is 12.2 Å². The van der Waals surface area contributed by atoms with Gasteiger partial charge in [0.05, 0.1) is 18.9 Å².